The van der Waals surface area contributed by atoms with Crippen molar-refractivity contribution < 1.29 is 5.11 Å². The Morgan fingerprint density at radius 3 is 2.86 bits per heavy atom. The molecule has 0 aliphatic carbocycles. The first kappa shape index (κ1) is 10.0. The molecule has 0 spiro atoms. The van der Waals surface area contributed by atoms with E-state index in [1.54, 1.807) is 12.3 Å². The van der Waals surface area contributed by atoms with Crippen LogP contribution in [-0.2, 0) is 0 Å². The van der Waals surface area contributed by atoms with Gasteiger partial charge >= 0.3 is 0 Å². The second-order valence-electron chi connectivity index (χ2n) is 3.35. The summed E-state index contributed by atoms with van der Waals surface area (Å²) < 4.78 is 0. The number of hydrogen-bond acceptors (Lipinski definition) is 3. The van der Waals surface area contributed by atoms with Crippen molar-refractivity contribution in [3.8, 4) is 0 Å². The quantitative estimate of drug-likeness (QED) is 0.805. The lowest BCUT2D eigenvalue weighted by Crippen LogP contribution is -2.22. The first-order valence-electron chi connectivity index (χ1n) is 4.41. The van der Waals surface area contributed by atoms with Gasteiger partial charge in [-0.1, -0.05) is 23.2 Å². The molecule has 1 aromatic rings. The number of hydrogen-bond donors (Lipinski definition) is 1. The monoisotopic (exact) mass is 232 g/mol. The molecule has 5 heteroatoms. The summed E-state index contributed by atoms with van der Waals surface area (Å²) in [4.78, 5) is 6.11. The van der Waals surface area contributed by atoms with Gasteiger partial charge in [-0.15, -0.1) is 0 Å². The third-order valence-corrected chi connectivity index (χ3v) is 2.74. The van der Waals surface area contributed by atoms with Crippen LogP contribution in [0.2, 0.25) is 10.0 Å². The number of β-amino-alcohol motifs (C(OH)–C–C–N with tert-alkyl or cyclic N) is 1. The molecule has 1 N–H and O–H groups in total. The first-order chi connectivity index (χ1) is 6.66. The lowest BCUT2D eigenvalue weighted by Gasteiger charge is -2.17. The Hall–Kier alpha value is -0.510. The fourth-order valence-corrected chi connectivity index (χ4v) is 2.07. The molecule has 3 nitrogen and oxygen atoms in total. The molecular weight excluding hydrogens is 223 g/mol. The fourth-order valence-electron chi connectivity index (χ4n) is 1.57. The Labute approximate surface area is 92.3 Å². The van der Waals surface area contributed by atoms with Crippen molar-refractivity contribution in [2.24, 2.45) is 0 Å². The van der Waals surface area contributed by atoms with Crippen LogP contribution in [0.1, 0.15) is 6.42 Å². The summed E-state index contributed by atoms with van der Waals surface area (Å²) in [5.74, 6) is 0.701. The third-order valence-electron chi connectivity index (χ3n) is 2.25. The number of aromatic nitrogens is 1. The molecule has 0 unspecified atom stereocenters. The van der Waals surface area contributed by atoms with Gasteiger partial charge in [0.15, 0.2) is 0 Å². The van der Waals surface area contributed by atoms with Crippen molar-refractivity contribution in [1.82, 2.24) is 4.98 Å². The maximum atomic E-state index is 9.37. The highest BCUT2D eigenvalue weighted by Gasteiger charge is 2.22. The zero-order valence-electron chi connectivity index (χ0n) is 7.45. The van der Waals surface area contributed by atoms with E-state index < -0.39 is 0 Å². The van der Waals surface area contributed by atoms with E-state index in [9.17, 15) is 5.11 Å². The largest absolute Gasteiger partial charge is 0.391 e. The fraction of sp³-hybridized carbons (Fsp3) is 0.444. The van der Waals surface area contributed by atoms with E-state index in [0.717, 1.165) is 13.0 Å². The topological polar surface area (TPSA) is 36.4 Å². The lowest BCUT2D eigenvalue weighted by atomic mass is 10.3. The van der Waals surface area contributed by atoms with E-state index >= 15 is 0 Å². The van der Waals surface area contributed by atoms with Gasteiger partial charge in [-0.2, -0.15) is 0 Å². The van der Waals surface area contributed by atoms with E-state index in [0.29, 0.717) is 22.4 Å². The third kappa shape index (κ3) is 1.95. The van der Waals surface area contributed by atoms with Crippen molar-refractivity contribution in [3.63, 3.8) is 0 Å². The van der Waals surface area contributed by atoms with Crippen LogP contribution >= 0.6 is 23.2 Å². The van der Waals surface area contributed by atoms with Gasteiger partial charge in [0.05, 0.1) is 16.1 Å². The zero-order chi connectivity index (χ0) is 10.1. The SMILES string of the molecule is O[C@@H]1CCN(c2ncc(Cl)cc2Cl)C1. The minimum Gasteiger partial charge on any atom is -0.391 e. The lowest BCUT2D eigenvalue weighted by molar-refractivity contribution is 0.198. The van der Waals surface area contributed by atoms with Gasteiger partial charge in [-0.3, -0.25) is 0 Å². The number of pyridine rings is 1. The van der Waals surface area contributed by atoms with E-state index in [-0.39, 0.29) is 6.10 Å². The molecule has 76 valence electrons. The van der Waals surface area contributed by atoms with E-state index in [4.69, 9.17) is 23.2 Å². The maximum absolute atomic E-state index is 9.37. The number of aliphatic hydroxyl groups is 1. The van der Waals surface area contributed by atoms with Crippen molar-refractivity contribution in [2.75, 3.05) is 18.0 Å². The van der Waals surface area contributed by atoms with Gasteiger partial charge in [0.2, 0.25) is 0 Å². The molecule has 0 amide bonds. The number of aliphatic hydroxyl groups excluding tert-OH is 1. The molecular formula is C9H10Cl2N2O. The Bertz CT molecular complexity index is 346. The first-order valence-corrected chi connectivity index (χ1v) is 5.16. The molecule has 1 aliphatic heterocycles. The summed E-state index contributed by atoms with van der Waals surface area (Å²) in [7, 11) is 0. The summed E-state index contributed by atoms with van der Waals surface area (Å²) in [6.45, 7) is 1.38. The van der Waals surface area contributed by atoms with Crippen LogP contribution in [-0.4, -0.2) is 29.3 Å². The Kier molecular flexibility index (Phi) is 2.81. The van der Waals surface area contributed by atoms with Crippen LogP contribution in [0.4, 0.5) is 5.82 Å². The van der Waals surface area contributed by atoms with Crippen molar-refractivity contribution in [2.45, 2.75) is 12.5 Å². The van der Waals surface area contributed by atoms with Crippen molar-refractivity contribution >= 4 is 29.0 Å². The smallest absolute Gasteiger partial charge is 0.147 e. The highest BCUT2D eigenvalue weighted by Crippen LogP contribution is 2.28. The summed E-state index contributed by atoms with van der Waals surface area (Å²) >= 11 is 11.7. The molecule has 0 aromatic carbocycles. The Morgan fingerprint density at radius 1 is 1.50 bits per heavy atom. The molecule has 1 aliphatic rings. The average molecular weight is 233 g/mol. The van der Waals surface area contributed by atoms with Gasteiger partial charge in [0.1, 0.15) is 5.82 Å². The number of anilines is 1. The summed E-state index contributed by atoms with van der Waals surface area (Å²) in [6, 6.07) is 1.66. The predicted octanol–water partition coefficient (Wildman–Crippen LogP) is 1.96. The molecule has 2 heterocycles. The van der Waals surface area contributed by atoms with Crippen LogP contribution in [0.25, 0.3) is 0 Å². The summed E-state index contributed by atoms with van der Waals surface area (Å²) in [6.07, 6.45) is 2.05. The minimum absolute atomic E-state index is 0.274. The normalized spacial score (nSPS) is 21.6. The van der Waals surface area contributed by atoms with Crippen molar-refractivity contribution in [3.05, 3.63) is 22.3 Å². The Morgan fingerprint density at radius 2 is 2.29 bits per heavy atom. The Balaban J connectivity index is 2.24. The van der Waals surface area contributed by atoms with E-state index in [1.165, 1.54) is 0 Å². The van der Waals surface area contributed by atoms with Gasteiger partial charge in [0.25, 0.3) is 0 Å². The van der Waals surface area contributed by atoms with Gasteiger partial charge < -0.3 is 10.0 Å². The van der Waals surface area contributed by atoms with Gasteiger partial charge in [-0.05, 0) is 12.5 Å². The second kappa shape index (κ2) is 3.93. The van der Waals surface area contributed by atoms with Crippen LogP contribution < -0.4 is 4.90 Å². The van der Waals surface area contributed by atoms with E-state index in [1.807, 2.05) is 4.90 Å². The molecule has 14 heavy (non-hydrogen) atoms. The molecule has 1 atom stereocenters. The maximum Gasteiger partial charge on any atom is 0.147 e. The van der Waals surface area contributed by atoms with Crippen LogP contribution in [0.15, 0.2) is 12.3 Å². The standard InChI is InChI=1S/C9H10Cl2N2O/c10-6-3-8(11)9(12-4-6)13-2-1-7(14)5-13/h3-4,7,14H,1-2,5H2/t7-/m1/s1. The molecule has 1 aromatic heterocycles. The number of nitrogens with zero attached hydrogens (tertiary/aromatic N) is 2. The molecule has 2 rings (SSSR count). The van der Waals surface area contributed by atoms with Crippen LogP contribution in [0, 0.1) is 0 Å². The zero-order valence-corrected chi connectivity index (χ0v) is 8.96. The molecule has 0 bridgehead atoms. The summed E-state index contributed by atoms with van der Waals surface area (Å²) in [5.41, 5.74) is 0. The molecule has 0 saturated carbocycles. The number of halogens is 2. The van der Waals surface area contributed by atoms with Gasteiger partial charge in [-0.25, -0.2) is 4.98 Å². The minimum atomic E-state index is -0.274. The molecule has 0 radical (unpaired) electrons. The molecule has 1 fully saturated rings. The van der Waals surface area contributed by atoms with Crippen molar-refractivity contribution in [1.29, 1.82) is 0 Å². The number of rotatable bonds is 1. The predicted molar refractivity (Wildman–Crippen MR) is 57.1 cm³/mol. The van der Waals surface area contributed by atoms with Crippen LogP contribution in [0.5, 0.6) is 0 Å². The summed E-state index contributed by atoms with van der Waals surface area (Å²) in [5, 5.41) is 10.4. The second-order valence-corrected chi connectivity index (χ2v) is 4.19. The highest BCUT2D eigenvalue weighted by molar-refractivity contribution is 6.36. The average Bonchev–Trinajstić information content (AvgIpc) is 2.51. The molecule has 1 saturated heterocycles. The van der Waals surface area contributed by atoms with E-state index in [2.05, 4.69) is 4.98 Å². The highest BCUT2D eigenvalue weighted by atomic mass is 35.5. The van der Waals surface area contributed by atoms with Crippen LogP contribution in [0.3, 0.4) is 0 Å². The van der Waals surface area contributed by atoms with Gasteiger partial charge in [0, 0.05) is 19.3 Å².